The van der Waals surface area contributed by atoms with E-state index in [1.165, 1.54) is 18.6 Å². The van der Waals surface area contributed by atoms with Gasteiger partial charge in [0.15, 0.2) is 11.5 Å². The predicted molar refractivity (Wildman–Crippen MR) is 80.7 cm³/mol. The van der Waals surface area contributed by atoms with Crippen molar-refractivity contribution in [3.63, 3.8) is 0 Å². The van der Waals surface area contributed by atoms with Crippen LogP contribution in [-0.2, 0) is 0 Å². The third-order valence-electron chi connectivity index (χ3n) is 3.71. The Hall–Kier alpha value is -0.910. The first-order chi connectivity index (χ1) is 9.83. The summed E-state index contributed by atoms with van der Waals surface area (Å²) in [6.45, 7) is 1.75. The van der Waals surface area contributed by atoms with E-state index in [9.17, 15) is 5.11 Å². The van der Waals surface area contributed by atoms with Crippen LogP contribution in [0.2, 0.25) is 0 Å². The Morgan fingerprint density at radius 3 is 2.95 bits per heavy atom. The molecule has 5 heteroatoms. The third kappa shape index (κ3) is 3.40. The van der Waals surface area contributed by atoms with Crippen LogP contribution in [0.4, 0.5) is 0 Å². The molecule has 0 saturated carbocycles. The summed E-state index contributed by atoms with van der Waals surface area (Å²) >= 11 is 1.99. The zero-order valence-electron chi connectivity index (χ0n) is 11.5. The summed E-state index contributed by atoms with van der Waals surface area (Å²) in [6, 6.07) is 6.20. The predicted octanol–water partition coefficient (Wildman–Crippen LogP) is 1.98. The molecule has 0 amide bonds. The zero-order chi connectivity index (χ0) is 13.8. The first-order valence-corrected chi connectivity index (χ1v) is 8.37. The third-order valence-corrected chi connectivity index (χ3v) is 4.93. The molecule has 2 aliphatic heterocycles. The van der Waals surface area contributed by atoms with Crippen LogP contribution in [0.25, 0.3) is 0 Å². The van der Waals surface area contributed by atoms with Crippen molar-refractivity contribution >= 4 is 11.8 Å². The van der Waals surface area contributed by atoms with Gasteiger partial charge in [-0.25, -0.2) is 0 Å². The first-order valence-electron chi connectivity index (χ1n) is 7.21. The van der Waals surface area contributed by atoms with E-state index in [1.807, 2.05) is 30.0 Å². The summed E-state index contributed by atoms with van der Waals surface area (Å²) < 4.78 is 11.0. The highest BCUT2D eigenvalue weighted by Gasteiger charge is 2.18. The van der Waals surface area contributed by atoms with Gasteiger partial charge in [0, 0.05) is 18.3 Å². The second-order valence-electron chi connectivity index (χ2n) is 5.24. The monoisotopic (exact) mass is 295 g/mol. The number of thioether (sulfide) groups is 1. The van der Waals surface area contributed by atoms with Gasteiger partial charge >= 0.3 is 0 Å². The maximum Gasteiger partial charge on any atom is 0.161 e. The zero-order valence-corrected chi connectivity index (χ0v) is 12.3. The Balaban J connectivity index is 1.57. The van der Waals surface area contributed by atoms with Crippen LogP contribution in [0.3, 0.4) is 0 Å². The molecule has 1 aromatic carbocycles. The van der Waals surface area contributed by atoms with Crippen LogP contribution in [0.15, 0.2) is 18.2 Å². The van der Waals surface area contributed by atoms with Crippen LogP contribution >= 0.6 is 11.8 Å². The smallest absolute Gasteiger partial charge is 0.161 e. The average molecular weight is 295 g/mol. The summed E-state index contributed by atoms with van der Waals surface area (Å²) in [6.07, 6.45) is 1.97. The number of fused-ring (bicyclic) bond motifs is 1. The van der Waals surface area contributed by atoms with Gasteiger partial charge in [-0.1, -0.05) is 6.07 Å². The topological polar surface area (TPSA) is 50.7 Å². The fourth-order valence-corrected chi connectivity index (χ4v) is 3.67. The summed E-state index contributed by atoms with van der Waals surface area (Å²) in [7, 11) is 0. The number of rotatable bonds is 4. The minimum absolute atomic E-state index is 0.502. The Bertz CT molecular complexity index is 449. The number of benzene rings is 1. The van der Waals surface area contributed by atoms with Crippen LogP contribution in [0.1, 0.15) is 24.5 Å². The maximum atomic E-state index is 10.3. The molecule has 2 atom stereocenters. The van der Waals surface area contributed by atoms with Crippen molar-refractivity contribution in [3.05, 3.63) is 23.8 Å². The van der Waals surface area contributed by atoms with E-state index in [1.54, 1.807) is 0 Å². The van der Waals surface area contributed by atoms with Gasteiger partial charge in [-0.2, -0.15) is 11.8 Å². The number of nitrogens with one attached hydrogen (secondary N) is 1. The lowest BCUT2D eigenvalue weighted by Crippen LogP contribution is -2.36. The van der Waals surface area contributed by atoms with E-state index in [2.05, 4.69) is 5.32 Å². The van der Waals surface area contributed by atoms with Crippen molar-refractivity contribution in [2.45, 2.75) is 25.0 Å². The Morgan fingerprint density at radius 1 is 1.30 bits per heavy atom. The second-order valence-corrected chi connectivity index (χ2v) is 6.39. The molecule has 3 rings (SSSR count). The van der Waals surface area contributed by atoms with Crippen molar-refractivity contribution in [3.8, 4) is 11.5 Å². The van der Waals surface area contributed by atoms with Gasteiger partial charge in [0.1, 0.15) is 13.2 Å². The molecule has 1 saturated heterocycles. The lowest BCUT2D eigenvalue weighted by atomic mass is 10.1. The van der Waals surface area contributed by atoms with Crippen LogP contribution in [0, 0.1) is 0 Å². The molecule has 0 aliphatic carbocycles. The quantitative estimate of drug-likeness (QED) is 0.889. The molecule has 4 nitrogen and oxygen atoms in total. The van der Waals surface area contributed by atoms with E-state index in [-0.39, 0.29) is 0 Å². The normalized spacial score (nSPS) is 23.4. The molecule has 0 bridgehead atoms. The fourth-order valence-electron chi connectivity index (χ4n) is 2.57. The fraction of sp³-hybridized carbons (Fsp3) is 0.600. The summed E-state index contributed by atoms with van der Waals surface area (Å²) in [5.74, 6) is 3.92. The van der Waals surface area contributed by atoms with E-state index in [0.717, 1.165) is 22.8 Å². The van der Waals surface area contributed by atoms with Gasteiger partial charge in [-0.3, -0.25) is 0 Å². The summed E-state index contributed by atoms with van der Waals surface area (Å²) in [4.78, 5) is 0. The molecular weight excluding hydrogens is 274 g/mol. The number of aliphatic hydroxyl groups is 1. The molecule has 0 radical (unpaired) electrons. The Labute approximate surface area is 123 Å². The number of hydrogen-bond donors (Lipinski definition) is 2. The minimum Gasteiger partial charge on any atom is -0.486 e. The van der Waals surface area contributed by atoms with Gasteiger partial charge in [0.2, 0.25) is 0 Å². The molecular formula is C15H21NO3S. The number of aliphatic hydroxyl groups excluding tert-OH is 1. The van der Waals surface area contributed by atoms with E-state index < -0.39 is 6.10 Å². The van der Waals surface area contributed by atoms with Crippen molar-refractivity contribution < 1.29 is 14.6 Å². The maximum absolute atomic E-state index is 10.3. The lowest BCUT2D eigenvalue weighted by Gasteiger charge is -2.24. The molecule has 2 unspecified atom stereocenters. The van der Waals surface area contributed by atoms with Crippen LogP contribution < -0.4 is 14.8 Å². The highest BCUT2D eigenvalue weighted by molar-refractivity contribution is 7.99. The van der Waals surface area contributed by atoms with Crippen LogP contribution in [-0.4, -0.2) is 42.4 Å². The van der Waals surface area contributed by atoms with Crippen molar-refractivity contribution in [1.82, 2.24) is 5.32 Å². The van der Waals surface area contributed by atoms with Gasteiger partial charge in [-0.15, -0.1) is 0 Å². The molecule has 0 aromatic heterocycles. The van der Waals surface area contributed by atoms with E-state index in [4.69, 9.17) is 9.47 Å². The van der Waals surface area contributed by atoms with E-state index >= 15 is 0 Å². The molecule has 110 valence electrons. The molecule has 2 N–H and O–H groups in total. The van der Waals surface area contributed by atoms with Gasteiger partial charge < -0.3 is 19.9 Å². The molecule has 1 fully saturated rings. The number of ether oxygens (including phenoxy) is 2. The molecule has 2 heterocycles. The highest BCUT2D eigenvalue weighted by atomic mass is 32.2. The lowest BCUT2D eigenvalue weighted by molar-refractivity contribution is 0.161. The Kier molecular flexibility index (Phi) is 4.70. The standard InChI is InChI=1S/C15H21NO3S/c17-13(9-16-12-2-1-7-20-10-12)11-3-4-14-15(8-11)19-6-5-18-14/h3-4,8,12-13,16-17H,1-2,5-7,9-10H2. The summed E-state index contributed by atoms with van der Waals surface area (Å²) in [5, 5.41) is 13.7. The van der Waals surface area contributed by atoms with Crippen molar-refractivity contribution in [2.24, 2.45) is 0 Å². The van der Waals surface area contributed by atoms with Gasteiger partial charge in [0.05, 0.1) is 6.10 Å². The highest BCUT2D eigenvalue weighted by Crippen LogP contribution is 2.32. The molecule has 20 heavy (non-hydrogen) atoms. The largest absolute Gasteiger partial charge is 0.486 e. The molecule has 2 aliphatic rings. The van der Waals surface area contributed by atoms with E-state index in [0.29, 0.717) is 25.8 Å². The average Bonchev–Trinajstić information content (AvgIpc) is 2.53. The molecule has 0 spiro atoms. The van der Waals surface area contributed by atoms with Crippen molar-refractivity contribution in [1.29, 1.82) is 0 Å². The Morgan fingerprint density at radius 2 is 2.15 bits per heavy atom. The first kappa shape index (κ1) is 14.0. The van der Waals surface area contributed by atoms with Crippen LogP contribution in [0.5, 0.6) is 11.5 Å². The van der Waals surface area contributed by atoms with Gasteiger partial charge in [0.25, 0.3) is 0 Å². The van der Waals surface area contributed by atoms with Crippen molar-refractivity contribution in [2.75, 3.05) is 31.3 Å². The SMILES string of the molecule is OC(CNC1CCCSC1)c1ccc2c(c1)OCCO2. The number of hydrogen-bond acceptors (Lipinski definition) is 5. The summed E-state index contributed by atoms with van der Waals surface area (Å²) in [5.41, 5.74) is 0.880. The molecule has 1 aromatic rings. The second kappa shape index (κ2) is 6.70. The van der Waals surface area contributed by atoms with Gasteiger partial charge in [-0.05, 0) is 36.3 Å². The minimum atomic E-state index is -0.502.